The molecule has 3 rings (SSSR count). The second kappa shape index (κ2) is 9.85. The van der Waals surface area contributed by atoms with E-state index in [4.69, 9.17) is 14.6 Å². The summed E-state index contributed by atoms with van der Waals surface area (Å²) in [4.78, 5) is 35.9. The van der Waals surface area contributed by atoms with Gasteiger partial charge in [-0.15, -0.1) is 0 Å². The van der Waals surface area contributed by atoms with Crippen LogP contribution in [-0.4, -0.2) is 41.4 Å². The summed E-state index contributed by atoms with van der Waals surface area (Å²) in [5.74, 6) is -1.68. The Hall–Kier alpha value is -3.35. The predicted molar refractivity (Wildman–Crippen MR) is 119 cm³/mol. The van der Waals surface area contributed by atoms with Crippen LogP contribution >= 0.6 is 0 Å². The van der Waals surface area contributed by atoms with Crippen LogP contribution < -0.4 is 5.32 Å². The van der Waals surface area contributed by atoms with Gasteiger partial charge >= 0.3 is 18.0 Å². The largest absolute Gasteiger partial charge is 0.481 e. The first-order valence-corrected chi connectivity index (χ1v) is 10.7. The number of nitrogens with one attached hydrogen (secondary N) is 1. The predicted octanol–water partition coefficient (Wildman–Crippen LogP) is 4.49. The van der Waals surface area contributed by atoms with Crippen LogP contribution in [0, 0.1) is 0 Å². The second-order valence-electron chi connectivity index (χ2n) is 8.84. The van der Waals surface area contributed by atoms with E-state index in [1.807, 2.05) is 36.4 Å². The average Bonchev–Trinajstić information content (AvgIpc) is 3.04. The molecule has 32 heavy (non-hydrogen) atoms. The highest BCUT2D eigenvalue weighted by Gasteiger charge is 2.31. The number of carbonyl (C=O) groups excluding carboxylic acids is 2. The number of aliphatic carboxylic acids is 1. The van der Waals surface area contributed by atoms with Crippen LogP contribution in [0.25, 0.3) is 11.1 Å². The van der Waals surface area contributed by atoms with Crippen LogP contribution in [0.1, 0.15) is 57.1 Å². The van der Waals surface area contributed by atoms with Crippen LogP contribution in [0.4, 0.5) is 4.79 Å². The molecule has 0 bridgehead atoms. The van der Waals surface area contributed by atoms with E-state index in [-0.39, 0.29) is 31.8 Å². The van der Waals surface area contributed by atoms with Gasteiger partial charge in [-0.1, -0.05) is 48.5 Å². The zero-order valence-electron chi connectivity index (χ0n) is 18.6. The third kappa shape index (κ3) is 5.87. The normalized spacial score (nSPS) is 13.6. The van der Waals surface area contributed by atoms with Gasteiger partial charge in [0.25, 0.3) is 0 Å². The summed E-state index contributed by atoms with van der Waals surface area (Å²) in [6.07, 6.45) is -0.474. The van der Waals surface area contributed by atoms with E-state index >= 15 is 0 Å². The second-order valence-corrected chi connectivity index (χ2v) is 8.84. The molecule has 2 N–H and O–H groups in total. The maximum absolute atomic E-state index is 12.5. The molecule has 2 aromatic carbocycles. The molecule has 1 amide bonds. The summed E-state index contributed by atoms with van der Waals surface area (Å²) in [6.45, 7) is 5.31. The molecule has 1 aliphatic carbocycles. The summed E-state index contributed by atoms with van der Waals surface area (Å²) in [5.41, 5.74) is 3.69. The van der Waals surface area contributed by atoms with Gasteiger partial charge in [-0.3, -0.25) is 4.79 Å². The lowest BCUT2D eigenvalue weighted by atomic mass is 9.98. The number of ether oxygens (including phenoxy) is 2. The molecule has 7 heteroatoms. The number of fused-ring (bicyclic) bond motifs is 3. The Morgan fingerprint density at radius 1 is 1.00 bits per heavy atom. The van der Waals surface area contributed by atoms with E-state index in [0.717, 1.165) is 22.3 Å². The fourth-order valence-electron chi connectivity index (χ4n) is 3.86. The molecule has 0 radical (unpaired) electrons. The minimum atomic E-state index is -0.982. The number of carboxylic acids is 1. The fraction of sp³-hybridized carbons (Fsp3) is 0.400. The molecule has 1 unspecified atom stereocenters. The van der Waals surface area contributed by atoms with Crippen molar-refractivity contribution in [2.45, 2.75) is 57.6 Å². The van der Waals surface area contributed by atoms with E-state index in [0.29, 0.717) is 0 Å². The lowest BCUT2D eigenvalue weighted by Gasteiger charge is -2.24. The first-order valence-electron chi connectivity index (χ1n) is 10.7. The Balaban J connectivity index is 1.66. The van der Waals surface area contributed by atoms with Gasteiger partial charge in [0.05, 0.1) is 0 Å². The fourth-order valence-corrected chi connectivity index (χ4v) is 3.86. The summed E-state index contributed by atoms with van der Waals surface area (Å²) < 4.78 is 10.9. The Morgan fingerprint density at radius 3 is 2.09 bits per heavy atom. The molecule has 170 valence electrons. The van der Waals surface area contributed by atoms with Gasteiger partial charge in [0.15, 0.2) is 0 Å². The third-order valence-corrected chi connectivity index (χ3v) is 5.21. The molecule has 1 atom stereocenters. The van der Waals surface area contributed by atoms with E-state index in [2.05, 4.69) is 17.4 Å². The van der Waals surface area contributed by atoms with Crippen molar-refractivity contribution in [2.24, 2.45) is 0 Å². The van der Waals surface area contributed by atoms with Gasteiger partial charge in [-0.2, -0.15) is 0 Å². The lowest BCUT2D eigenvalue weighted by molar-refractivity contribution is -0.157. The topological polar surface area (TPSA) is 102 Å². The van der Waals surface area contributed by atoms with E-state index in [1.54, 1.807) is 20.8 Å². The minimum Gasteiger partial charge on any atom is -0.481 e. The summed E-state index contributed by atoms with van der Waals surface area (Å²) in [7, 11) is 0. The van der Waals surface area contributed by atoms with Crippen LogP contribution in [0.15, 0.2) is 48.5 Å². The summed E-state index contributed by atoms with van der Waals surface area (Å²) in [5, 5.41) is 11.4. The number of alkyl carbamates (subject to hydrolysis) is 1. The molecule has 0 saturated carbocycles. The molecule has 0 saturated heterocycles. The van der Waals surface area contributed by atoms with Crippen molar-refractivity contribution in [3.05, 3.63) is 59.7 Å². The monoisotopic (exact) mass is 439 g/mol. The molecule has 0 spiro atoms. The van der Waals surface area contributed by atoms with Gasteiger partial charge < -0.3 is 19.9 Å². The van der Waals surface area contributed by atoms with E-state index in [1.165, 1.54) is 0 Å². The number of carbonyl (C=O) groups is 3. The number of amides is 1. The highest BCUT2D eigenvalue weighted by atomic mass is 16.6. The first kappa shape index (κ1) is 23.3. The van der Waals surface area contributed by atoms with Crippen molar-refractivity contribution in [3.8, 4) is 11.1 Å². The van der Waals surface area contributed by atoms with Gasteiger partial charge in [0, 0.05) is 12.3 Å². The smallest absolute Gasteiger partial charge is 0.407 e. The number of esters is 1. The molecule has 0 aromatic heterocycles. The number of hydrogen-bond acceptors (Lipinski definition) is 5. The molecular weight excluding hydrogens is 410 g/mol. The standard InChI is InChI=1S/C25H29NO6/c1-25(2,3)32-23(29)21(13-8-14-22(27)28)26-24(30)31-15-20-18-11-6-4-9-16(18)17-10-5-7-12-19(17)20/h4-7,9-12,20-21H,8,13-15H2,1-3H3,(H,26,30)(H,27,28). The molecular formula is C25H29NO6. The Kier molecular flexibility index (Phi) is 7.18. The first-order chi connectivity index (χ1) is 15.2. The molecule has 0 heterocycles. The zero-order chi connectivity index (χ0) is 23.3. The highest BCUT2D eigenvalue weighted by Crippen LogP contribution is 2.44. The number of carboxylic acid groups (broad SMARTS) is 1. The number of hydrogen-bond donors (Lipinski definition) is 2. The van der Waals surface area contributed by atoms with Crippen LogP contribution in [-0.2, 0) is 19.1 Å². The van der Waals surface area contributed by atoms with Crippen LogP contribution in [0.2, 0.25) is 0 Å². The van der Waals surface area contributed by atoms with Gasteiger partial charge in [0.1, 0.15) is 18.2 Å². The zero-order valence-corrected chi connectivity index (χ0v) is 18.6. The highest BCUT2D eigenvalue weighted by molar-refractivity contribution is 5.82. The molecule has 0 fully saturated rings. The third-order valence-electron chi connectivity index (χ3n) is 5.21. The lowest BCUT2D eigenvalue weighted by Crippen LogP contribution is -2.44. The molecule has 1 aliphatic rings. The van der Waals surface area contributed by atoms with Crippen molar-refractivity contribution in [1.82, 2.24) is 5.32 Å². The quantitative estimate of drug-likeness (QED) is 0.588. The Bertz CT molecular complexity index is 948. The van der Waals surface area contributed by atoms with Gasteiger partial charge in [0.2, 0.25) is 0 Å². The Labute approximate surface area is 187 Å². The molecule has 2 aromatic rings. The minimum absolute atomic E-state index is 0.0971. The van der Waals surface area contributed by atoms with E-state index in [9.17, 15) is 14.4 Å². The van der Waals surface area contributed by atoms with Crippen molar-refractivity contribution in [1.29, 1.82) is 0 Å². The van der Waals surface area contributed by atoms with Crippen molar-refractivity contribution < 1.29 is 29.0 Å². The maximum atomic E-state index is 12.5. The number of benzene rings is 2. The van der Waals surface area contributed by atoms with Gasteiger partial charge in [-0.05, 0) is 55.9 Å². The van der Waals surface area contributed by atoms with Crippen LogP contribution in [0.3, 0.4) is 0 Å². The van der Waals surface area contributed by atoms with Crippen LogP contribution in [0.5, 0.6) is 0 Å². The van der Waals surface area contributed by atoms with Gasteiger partial charge in [-0.25, -0.2) is 9.59 Å². The Morgan fingerprint density at radius 2 is 1.56 bits per heavy atom. The maximum Gasteiger partial charge on any atom is 0.407 e. The molecule has 0 aliphatic heterocycles. The summed E-state index contributed by atoms with van der Waals surface area (Å²) in [6, 6.07) is 15.0. The average molecular weight is 440 g/mol. The van der Waals surface area contributed by atoms with Crippen molar-refractivity contribution >= 4 is 18.0 Å². The van der Waals surface area contributed by atoms with E-state index < -0.39 is 29.7 Å². The van der Waals surface area contributed by atoms with Crippen molar-refractivity contribution in [2.75, 3.05) is 6.61 Å². The van der Waals surface area contributed by atoms with Crippen molar-refractivity contribution in [3.63, 3.8) is 0 Å². The summed E-state index contributed by atoms with van der Waals surface area (Å²) >= 11 is 0. The number of rotatable bonds is 8. The molecule has 7 nitrogen and oxygen atoms in total. The SMILES string of the molecule is CC(C)(C)OC(=O)C(CCCC(=O)O)NC(=O)OCC1c2ccccc2-c2ccccc21.